The Morgan fingerprint density at radius 1 is 1.29 bits per heavy atom. The lowest BCUT2D eigenvalue weighted by atomic mass is 9.57. The van der Waals surface area contributed by atoms with Gasteiger partial charge in [0, 0.05) is 5.41 Å². The van der Waals surface area contributed by atoms with E-state index in [0.29, 0.717) is 0 Å². The number of hydrogen-bond donors (Lipinski definition) is 1. The smallest absolute Gasteiger partial charge is 0.335 e. The average Bonchev–Trinajstić information content (AvgIpc) is 2.14. The largest absolute Gasteiger partial charge is 0.478 e. The molecule has 0 unspecified atom stereocenters. The van der Waals surface area contributed by atoms with Crippen LogP contribution in [0.2, 0.25) is 0 Å². The third-order valence-corrected chi connectivity index (χ3v) is 4.03. The first-order valence-electron chi connectivity index (χ1n) is 5.90. The van der Waals surface area contributed by atoms with Gasteiger partial charge in [0.25, 0.3) is 0 Å². The van der Waals surface area contributed by atoms with E-state index in [1.807, 2.05) is 0 Å². The van der Waals surface area contributed by atoms with Gasteiger partial charge in [-0.25, -0.2) is 9.18 Å². The summed E-state index contributed by atoms with van der Waals surface area (Å²) in [5, 5.41) is 8.84. The predicted octanol–water partition coefficient (Wildman–Crippen LogP) is 3.55. The third-order valence-electron chi connectivity index (χ3n) is 4.03. The molecule has 0 aromatic heterocycles. The number of aromatic carboxylic acids is 1. The lowest BCUT2D eigenvalue weighted by Crippen LogP contribution is -2.49. The molecule has 1 aliphatic carbocycles. The highest BCUT2D eigenvalue weighted by molar-refractivity contribution is 5.87. The number of carbonyl (C=O) groups is 1. The van der Waals surface area contributed by atoms with Crippen molar-refractivity contribution in [1.29, 1.82) is 0 Å². The van der Waals surface area contributed by atoms with Gasteiger partial charge in [-0.3, -0.25) is 0 Å². The second kappa shape index (κ2) is 3.83. The number of benzene rings is 1. The Hall–Kier alpha value is -1.38. The van der Waals surface area contributed by atoms with E-state index in [9.17, 15) is 9.18 Å². The van der Waals surface area contributed by atoms with Crippen LogP contribution in [0.1, 0.15) is 49.0 Å². The van der Waals surface area contributed by atoms with Crippen molar-refractivity contribution in [3.8, 4) is 0 Å². The summed E-state index contributed by atoms with van der Waals surface area (Å²) >= 11 is 0. The quantitative estimate of drug-likeness (QED) is 0.871. The van der Waals surface area contributed by atoms with Crippen molar-refractivity contribution >= 4 is 5.97 Å². The molecular weight excluding hydrogens is 219 g/mol. The summed E-state index contributed by atoms with van der Waals surface area (Å²) in [6.45, 7) is 3.22. The van der Waals surface area contributed by atoms with Crippen LogP contribution in [-0.2, 0) is 5.41 Å². The number of rotatable bonds is 3. The lowest BCUT2D eigenvalue weighted by molar-refractivity contribution is 0.0268. The zero-order valence-electron chi connectivity index (χ0n) is 10.2. The van der Waals surface area contributed by atoms with Gasteiger partial charge in [0.2, 0.25) is 0 Å². The molecule has 1 fully saturated rings. The molecule has 0 amide bonds. The molecule has 1 saturated carbocycles. The molecule has 1 N–H and O–H groups in total. The van der Waals surface area contributed by atoms with Crippen molar-refractivity contribution < 1.29 is 14.3 Å². The van der Waals surface area contributed by atoms with E-state index < -0.39 is 17.1 Å². The number of carboxylic acid groups (broad SMARTS) is 1. The Morgan fingerprint density at radius 3 is 2.12 bits per heavy atom. The van der Waals surface area contributed by atoms with Crippen LogP contribution in [0.15, 0.2) is 24.3 Å². The van der Waals surface area contributed by atoms with Gasteiger partial charge in [0.15, 0.2) is 0 Å². The molecule has 0 bridgehead atoms. The van der Waals surface area contributed by atoms with Gasteiger partial charge in [-0.1, -0.05) is 18.6 Å². The van der Waals surface area contributed by atoms with Crippen LogP contribution in [0.25, 0.3) is 0 Å². The van der Waals surface area contributed by atoms with Crippen molar-refractivity contribution in [2.75, 3.05) is 0 Å². The topological polar surface area (TPSA) is 37.3 Å². The Labute approximate surface area is 100 Å². The standard InChI is InChI=1S/C14H17FO2/c1-13(2,15)14(8-3-9-14)11-6-4-10(5-7-11)12(16)17/h4-7H,3,8-9H2,1-2H3,(H,16,17). The zero-order valence-corrected chi connectivity index (χ0v) is 10.2. The normalized spacial score (nSPS) is 18.5. The summed E-state index contributed by atoms with van der Waals surface area (Å²) in [6.07, 6.45) is 2.71. The fraction of sp³-hybridized carbons (Fsp3) is 0.500. The fourth-order valence-corrected chi connectivity index (χ4v) is 2.69. The van der Waals surface area contributed by atoms with Crippen LogP contribution in [0, 0.1) is 0 Å². The van der Waals surface area contributed by atoms with Crippen molar-refractivity contribution in [2.24, 2.45) is 0 Å². The maximum Gasteiger partial charge on any atom is 0.335 e. The molecule has 17 heavy (non-hydrogen) atoms. The minimum Gasteiger partial charge on any atom is -0.478 e. The molecule has 0 atom stereocenters. The Bertz CT molecular complexity index is 425. The highest BCUT2D eigenvalue weighted by Gasteiger charge is 2.51. The summed E-state index contributed by atoms with van der Waals surface area (Å²) < 4.78 is 14.3. The van der Waals surface area contributed by atoms with Gasteiger partial charge in [0.05, 0.1) is 5.56 Å². The van der Waals surface area contributed by atoms with Crippen molar-refractivity contribution in [1.82, 2.24) is 0 Å². The van der Waals surface area contributed by atoms with E-state index in [2.05, 4.69) is 0 Å². The van der Waals surface area contributed by atoms with Crippen LogP contribution in [0.5, 0.6) is 0 Å². The maximum atomic E-state index is 14.3. The highest BCUT2D eigenvalue weighted by Crippen LogP contribution is 2.52. The molecule has 0 heterocycles. The molecular formula is C14H17FO2. The van der Waals surface area contributed by atoms with Gasteiger partial charge in [-0.15, -0.1) is 0 Å². The zero-order chi connectivity index (χ0) is 12.7. The number of alkyl halides is 1. The molecule has 92 valence electrons. The summed E-state index contributed by atoms with van der Waals surface area (Å²) in [7, 11) is 0. The monoisotopic (exact) mass is 236 g/mol. The Morgan fingerprint density at radius 2 is 1.82 bits per heavy atom. The summed E-state index contributed by atoms with van der Waals surface area (Å²) in [4.78, 5) is 10.8. The van der Waals surface area contributed by atoms with Crippen LogP contribution in [0.4, 0.5) is 4.39 Å². The first-order valence-corrected chi connectivity index (χ1v) is 5.90. The van der Waals surface area contributed by atoms with E-state index in [-0.39, 0.29) is 5.56 Å². The van der Waals surface area contributed by atoms with Crippen LogP contribution < -0.4 is 0 Å². The molecule has 0 aliphatic heterocycles. The van der Waals surface area contributed by atoms with Gasteiger partial charge in [-0.2, -0.15) is 0 Å². The molecule has 1 aromatic rings. The van der Waals surface area contributed by atoms with E-state index in [1.54, 1.807) is 38.1 Å². The molecule has 1 aliphatic rings. The molecule has 0 radical (unpaired) electrons. The third kappa shape index (κ3) is 1.84. The van der Waals surface area contributed by atoms with Crippen molar-refractivity contribution in [2.45, 2.75) is 44.2 Å². The maximum absolute atomic E-state index is 14.3. The number of halogens is 1. The SMILES string of the molecule is CC(C)(F)C1(c2ccc(C(=O)O)cc2)CCC1. The summed E-state index contributed by atoms with van der Waals surface area (Å²) in [5.41, 5.74) is -0.527. The fourth-order valence-electron chi connectivity index (χ4n) is 2.69. The molecule has 0 saturated heterocycles. The molecule has 2 rings (SSSR count). The van der Waals surface area contributed by atoms with Gasteiger partial charge in [-0.05, 0) is 44.4 Å². The van der Waals surface area contributed by atoms with Crippen molar-refractivity contribution in [3.63, 3.8) is 0 Å². The number of carboxylic acids is 1. The Kier molecular flexibility index (Phi) is 2.72. The van der Waals surface area contributed by atoms with Gasteiger partial charge in [0.1, 0.15) is 5.67 Å². The van der Waals surface area contributed by atoms with E-state index in [0.717, 1.165) is 24.8 Å². The summed E-state index contributed by atoms with van der Waals surface area (Å²) in [6, 6.07) is 6.63. The average molecular weight is 236 g/mol. The Balaban J connectivity index is 2.36. The van der Waals surface area contributed by atoms with Crippen molar-refractivity contribution in [3.05, 3.63) is 35.4 Å². The van der Waals surface area contributed by atoms with Gasteiger partial charge >= 0.3 is 5.97 Å². The summed E-state index contributed by atoms with van der Waals surface area (Å²) in [5.74, 6) is -0.946. The highest BCUT2D eigenvalue weighted by atomic mass is 19.1. The molecule has 1 aromatic carbocycles. The predicted molar refractivity (Wildman–Crippen MR) is 64.1 cm³/mol. The van der Waals surface area contributed by atoms with Crippen LogP contribution >= 0.6 is 0 Å². The van der Waals surface area contributed by atoms with Crippen LogP contribution in [-0.4, -0.2) is 16.7 Å². The van der Waals surface area contributed by atoms with E-state index in [1.165, 1.54) is 0 Å². The first kappa shape index (κ1) is 12.1. The second-order valence-electron chi connectivity index (χ2n) is 5.29. The minimum absolute atomic E-state index is 0.250. The molecule has 3 heteroatoms. The van der Waals surface area contributed by atoms with E-state index in [4.69, 9.17) is 5.11 Å². The lowest BCUT2D eigenvalue weighted by Gasteiger charge is -2.49. The minimum atomic E-state index is -1.27. The van der Waals surface area contributed by atoms with Crippen LogP contribution in [0.3, 0.4) is 0 Å². The first-order chi connectivity index (χ1) is 7.87. The molecule has 2 nitrogen and oxygen atoms in total. The van der Waals surface area contributed by atoms with E-state index >= 15 is 0 Å². The van der Waals surface area contributed by atoms with Gasteiger partial charge < -0.3 is 5.11 Å². The molecule has 0 spiro atoms. The second-order valence-corrected chi connectivity index (χ2v) is 5.29. The number of hydrogen-bond acceptors (Lipinski definition) is 1.